The summed E-state index contributed by atoms with van der Waals surface area (Å²) in [4.78, 5) is 17.7. The third-order valence-electron chi connectivity index (χ3n) is 2.77. The first kappa shape index (κ1) is 14.3. The maximum atomic E-state index is 12.0. The molecule has 0 saturated heterocycles. The van der Waals surface area contributed by atoms with Crippen molar-refractivity contribution in [3.8, 4) is 5.75 Å². The van der Waals surface area contributed by atoms with E-state index in [0.717, 1.165) is 5.75 Å². The van der Waals surface area contributed by atoms with Crippen LogP contribution in [0.25, 0.3) is 0 Å². The van der Waals surface area contributed by atoms with E-state index in [0.29, 0.717) is 24.0 Å². The van der Waals surface area contributed by atoms with Crippen molar-refractivity contribution in [3.05, 3.63) is 41.4 Å². The summed E-state index contributed by atoms with van der Waals surface area (Å²) in [6, 6.07) is 9.54. The topological polar surface area (TPSA) is 68.5 Å². The molecule has 0 atom stereocenters. The minimum atomic E-state index is 0.00645. The predicted octanol–water partition coefficient (Wildman–Crippen LogP) is 1.81. The van der Waals surface area contributed by atoms with Gasteiger partial charge in [0.05, 0.1) is 18.7 Å². The van der Waals surface area contributed by atoms with Crippen molar-refractivity contribution in [1.29, 1.82) is 0 Å². The number of carbonyl (C=O) groups is 1. The van der Waals surface area contributed by atoms with Crippen LogP contribution in [-0.2, 0) is 11.2 Å². The number of nitrogen functional groups attached to an aromatic ring is 1. The average molecular weight is 291 g/mol. The van der Waals surface area contributed by atoms with Crippen LogP contribution in [0.4, 0.5) is 5.13 Å². The Bertz CT molecular complexity index is 557. The van der Waals surface area contributed by atoms with Crippen LogP contribution in [0.3, 0.4) is 0 Å². The molecular weight excluding hydrogens is 274 g/mol. The minimum absolute atomic E-state index is 0.00645. The average Bonchev–Trinajstić information content (AvgIpc) is 2.85. The minimum Gasteiger partial charge on any atom is -0.492 e. The highest BCUT2D eigenvalue weighted by molar-refractivity contribution is 7.13. The van der Waals surface area contributed by atoms with E-state index in [1.165, 1.54) is 11.3 Å². The Hall–Kier alpha value is -2.08. The van der Waals surface area contributed by atoms with Crippen molar-refractivity contribution >= 4 is 22.4 Å². The number of hydrogen-bond acceptors (Lipinski definition) is 5. The highest BCUT2D eigenvalue weighted by Crippen LogP contribution is 2.12. The molecule has 2 N–H and O–H groups in total. The summed E-state index contributed by atoms with van der Waals surface area (Å²) >= 11 is 1.34. The van der Waals surface area contributed by atoms with Gasteiger partial charge in [0.15, 0.2) is 5.13 Å². The molecule has 0 fully saturated rings. The zero-order valence-electron chi connectivity index (χ0n) is 11.3. The van der Waals surface area contributed by atoms with Gasteiger partial charge in [0, 0.05) is 12.4 Å². The van der Waals surface area contributed by atoms with Gasteiger partial charge in [-0.3, -0.25) is 4.79 Å². The Morgan fingerprint density at radius 3 is 2.80 bits per heavy atom. The van der Waals surface area contributed by atoms with E-state index in [-0.39, 0.29) is 12.3 Å². The van der Waals surface area contributed by atoms with Crippen LogP contribution in [0.1, 0.15) is 5.69 Å². The van der Waals surface area contributed by atoms with Gasteiger partial charge in [-0.15, -0.1) is 11.3 Å². The molecule has 1 heterocycles. The number of thiazole rings is 1. The van der Waals surface area contributed by atoms with Crippen LogP contribution in [0, 0.1) is 0 Å². The summed E-state index contributed by atoms with van der Waals surface area (Å²) in [5, 5.41) is 2.30. The monoisotopic (exact) mass is 291 g/mol. The molecule has 0 aliphatic carbocycles. The first-order valence-electron chi connectivity index (χ1n) is 6.27. The van der Waals surface area contributed by atoms with Crippen molar-refractivity contribution < 1.29 is 9.53 Å². The van der Waals surface area contributed by atoms with Crippen molar-refractivity contribution in [2.24, 2.45) is 0 Å². The second-order valence-corrected chi connectivity index (χ2v) is 5.22. The van der Waals surface area contributed by atoms with Crippen LogP contribution in [0.5, 0.6) is 5.75 Å². The largest absolute Gasteiger partial charge is 0.492 e. The van der Waals surface area contributed by atoms with E-state index in [4.69, 9.17) is 10.5 Å². The molecule has 1 amide bonds. The van der Waals surface area contributed by atoms with Crippen LogP contribution in [0.2, 0.25) is 0 Å². The van der Waals surface area contributed by atoms with Crippen molar-refractivity contribution in [3.63, 3.8) is 0 Å². The zero-order chi connectivity index (χ0) is 14.4. The van der Waals surface area contributed by atoms with E-state index in [1.54, 1.807) is 11.9 Å². The Morgan fingerprint density at radius 2 is 2.15 bits per heavy atom. The number of aromatic nitrogens is 1. The van der Waals surface area contributed by atoms with E-state index in [2.05, 4.69) is 4.98 Å². The second-order valence-electron chi connectivity index (χ2n) is 4.33. The lowest BCUT2D eigenvalue weighted by Gasteiger charge is -2.17. The first-order chi connectivity index (χ1) is 9.65. The molecule has 0 unspecified atom stereocenters. The molecule has 1 aromatic carbocycles. The van der Waals surface area contributed by atoms with Crippen LogP contribution in [-0.4, -0.2) is 36.0 Å². The number of rotatable bonds is 6. The van der Waals surface area contributed by atoms with Gasteiger partial charge in [-0.25, -0.2) is 4.98 Å². The fraction of sp³-hybridized carbons (Fsp3) is 0.286. The molecule has 0 bridgehead atoms. The van der Waals surface area contributed by atoms with E-state index < -0.39 is 0 Å². The predicted molar refractivity (Wildman–Crippen MR) is 79.8 cm³/mol. The third-order valence-corrected chi connectivity index (χ3v) is 3.49. The standard InChI is InChI=1S/C14H17N3O2S/c1-17(7-8-19-12-5-3-2-4-6-12)13(18)9-11-10-20-14(15)16-11/h2-6,10H,7-9H2,1H3,(H2,15,16). The number of para-hydroxylation sites is 1. The fourth-order valence-electron chi connectivity index (χ4n) is 1.64. The number of ether oxygens (including phenoxy) is 1. The van der Waals surface area contributed by atoms with Crippen molar-refractivity contribution in [2.75, 3.05) is 25.9 Å². The highest BCUT2D eigenvalue weighted by atomic mass is 32.1. The summed E-state index contributed by atoms with van der Waals surface area (Å²) < 4.78 is 5.55. The number of amides is 1. The second kappa shape index (κ2) is 6.91. The molecule has 0 spiro atoms. The third kappa shape index (κ3) is 4.24. The summed E-state index contributed by atoms with van der Waals surface area (Å²) in [6.45, 7) is 0.999. The Labute approximate surface area is 122 Å². The SMILES string of the molecule is CN(CCOc1ccccc1)C(=O)Cc1csc(N)n1. The molecule has 0 aliphatic rings. The molecule has 6 heteroatoms. The molecule has 106 valence electrons. The lowest BCUT2D eigenvalue weighted by molar-refractivity contribution is -0.129. The summed E-state index contributed by atoms with van der Waals surface area (Å²) in [5.41, 5.74) is 6.25. The van der Waals surface area contributed by atoms with Gasteiger partial charge >= 0.3 is 0 Å². The zero-order valence-corrected chi connectivity index (χ0v) is 12.1. The Morgan fingerprint density at radius 1 is 1.40 bits per heavy atom. The molecular formula is C14H17N3O2S. The molecule has 1 aromatic heterocycles. The highest BCUT2D eigenvalue weighted by Gasteiger charge is 2.11. The van der Waals surface area contributed by atoms with Gasteiger partial charge in [-0.05, 0) is 12.1 Å². The van der Waals surface area contributed by atoms with Crippen LogP contribution < -0.4 is 10.5 Å². The smallest absolute Gasteiger partial charge is 0.228 e. The van der Waals surface area contributed by atoms with Gasteiger partial charge in [-0.2, -0.15) is 0 Å². The quantitative estimate of drug-likeness (QED) is 0.881. The molecule has 2 rings (SSSR count). The molecule has 5 nitrogen and oxygen atoms in total. The van der Waals surface area contributed by atoms with E-state index in [9.17, 15) is 4.79 Å². The maximum Gasteiger partial charge on any atom is 0.228 e. The van der Waals surface area contributed by atoms with Gasteiger partial charge in [0.1, 0.15) is 12.4 Å². The number of benzene rings is 1. The van der Waals surface area contributed by atoms with Crippen molar-refractivity contribution in [1.82, 2.24) is 9.88 Å². The maximum absolute atomic E-state index is 12.0. The van der Waals surface area contributed by atoms with Crippen LogP contribution >= 0.6 is 11.3 Å². The van der Waals surface area contributed by atoms with E-state index in [1.807, 2.05) is 35.7 Å². The normalized spacial score (nSPS) is 10.2. The Balaban J connectivity index is 1.74. The lowest BCUT2D eigenvalue weighted by Crippen LogP contribution is -2.32. The summed E-state index contributed by atoms with van der Waals surface area (Å²) in [7, 11) is 1.76. The van der Waals surface area contributed by atoms with Gasteiger partial charge in [-0.1, -0.05) is 18.2 Å². The van der Waals surface area contributed by atoms with Crippen molar-refractivity contribution in [2.45, 2.75) is 6.42 Å². The lowest BCUT2D eigenvalue weighted by atomic mass is 10.3. The number of likely N-dealkylation sites (N-methyl/N-ethyl adjacent to an activating group) is 1. The van der Waals surface area contributed by atoms with Gasteiger partial charge < -0.3 is 15.4 Å². The Kier molecular flexibility index (Phi) is 4.95. The molecule has 20 heavy (non-hydrogen) atoms. The molecule has 0 radical (unpaired) electrons. The van der Waals surface area contributed by atoms with E-state index >= 15 is 0 Å². The summed E-state index contributed by atoms with van der Waals surface area (Å²) in [5.74, 6) is 0.813. The molecule has 0 saturated carbocycles. The number of nitrogens with two attached hydrogens (primary N) is 1. The summed E-state index contributed by atoms with van der Waals surface area (Å²) in [6.07, 6.45) is 0.273. The van der Waals surface area contributed by atoms with Gasteiger partial charge in [0.2, 0.25) is 5.91 Å². The molecule has 2 aromatic rings. The molecule has 0 aliphatic heterocycles. The number of anilines is 1. The number of carbonyl (C=O) groups excluding carboxylic acids is 1. The number of hydrogen-bond donors (Lipinski definition) is 1. The number of nitrogens with zero attached hydrogens (tertiary/aromatic N) is 2. The first-order valence-corrected chi connectivity index (χ1v) is 7.15. The van der Waals surface area contributed by atoms with Gasteiger partial charge in [0.25, 0.3) is 0 Å². The fourth-order valence-corrected chi connectivity index (χ4v) is 2.20. The van der Waals surface area contributed by atoms with Crippen LogP contribution in [0.15, 0.2) is 35.7 Å².